The smallest absolute Gasteiger partial charge is 0.145 e. The van der Waals surface area contributed by atoms with Gasteiger partial charge in [-0.15, -0.1) is 0 Å². The quantitative estimate of drug-likeness (QED) is 0.655. The van der Waals surface area contributed by atoms with Gasteiger partial charge >= 0.3 is 0 Å². The number of aromatic nitrogens is 1. The van der Waals surface area contributed by atoms with Crippen molar-refractivity contribution in [3.63, 3.8) is 0 Å². The van der Waals surface area contributed by atoms with Gasteiger partial charge < -0.3 is 0 Å². The van der Waals surface area contributed by atoms with Gasteiger partial charge in [-0.3, -0.25) is 0 Å². The molecule has 72 valence electrons. The highest BCUT2D eigenvalue weighted by atomic mass is 79.9. The molecule has 0 aliphatic rings. The van der Waals surface area contributed by atoms with Gasteiger partial charge in [0.05, 0.1) is 4.47 Å². The average Bonchev–Trinajstić information content (AvgIpc) is 2.12. The van der Waals surface area contributed by atoms with Crippen molar-refractivity contribution in [1.29, 1.82) is 0 Å². The molecule has 0 saturated heterocycles. The Kier molecular flexibility index (Phi) is 2.64. The zero-order chi connectivity index (χ0) is 10.3. The summed E-state index contributed by atoms with van der Waals surface area (Å²) in [4.78, 5) is 3.82. The number of halogens is 4. The molecule has 1 aromatic carbocycles. The van der Waals surface area contributed by atoms with Crippen molar-refractivity contribution in [1.82, 2.24) is 4.98 Å². The van der Waals surface area contributed by atoms with Crippen LogP contribution in [0.5, 0.6) is 0 Å². The van der Waals surface area contributed by atoms with E-state index in [2.05, 4.69) is 20.9 Å². The van der Waals surface area contributed by atoms with E-state index in [1.165, 1.54) is 6.07 Å². The molecule has 1 heterocycles. The van der Waals surface area contributed by atoms with E-state index in [0.717, 1.165) is 0 Å². The maximum absolute atomic E-state index is 13.6. The first-order chi connectivity index (χ1) is 6.59. The second-order valence-corrected chi connectivity index (χ2v) is 4.29. The van der Waals surface area contributed by atoms with Crippen LogP contribution in [0.3, 0.4) is 0 Å². The molecular weight excluding hydrogens is 292 g/mol. The second-order valence-electron chi connectivity index (χ2n) is 2.69. The fraction of sp³-hybridized carbons (Fsp3) is 0. The van der Waals surface area contributed by atoms with E-state index in [9.17, 15) is 4.39 Å². The zero-order valence-electron chi connectivity index (χ0n) is 6.69. The first kappa shape index (κ1) is 10.1. The fourth-order valence-electron chi connectivity index (χ4n) is 1.19. The number of rotatable bonds is 0. The zero-order valence-corrected chi connectivity index (χ0v) is 9.79. The molecular formula is C9H3BrCl2FN. The van der Waals surface area contributed by atoms with Crippen LogP contribution >= 0.6 is 39.1 Å². The van der Waals surface area contributed by atoms with Gasteiger partial charge in [0.1, 0.15) is 16.1 Å². The Morgan fingerprint density at radius 1 is 1.21 bits per heavy atom. The predicted molar refractivity (Wildman–Crippen MR) is 59.4 cm³/mol. The number of nitrogens with zero attached hydrogens (tertiary/aromatic N) is 1. The normalized spacial score (nSPS) is 10.9. The summed E-state index contributed by atoms with van der Waals surface area (Å²) in [6.45, 7) is 0. The summed E-state index contributed by atoms with van der Waals surface area (Å²) in [6.07, 6.45) is 0. The van der Waals surface area contributed by atoms with Crippen LogP contribution in [0, 0.1) is 5.82 Å². The molecule has 5 heteroatoms. The summed E-state index contributed by atoms with van der Waals surface area (Å²) >= 11 is 14.6. The molecule has 0 atom stereocenters. The predicted octanol–water partition coefficient (Wildman–Crippen LogP) is 4.44. The molecule has 0 unspecified atom stereocenters. The van der Waals surface area contributed by atoms with Gasteiger partial charge in [0.25, 0.3) is 0 Å². The lowest BCUT2D eigenvalue weighted by molar-refractivity contribution is 0.633. The molecule has 0 N–H and O–H groups in total. The van der Waals surface area contributed by atoms with E-state index in [1.54, 1.807) is 12.1 Å². The van der Waals surface area contributed by atoms with Crippen LogP contribution in [-0.4, -0.2) is 4.98 Å². The van der Waals surface area contributed by atoms with Gasteiger partial charge in [0, 0.05) is 10.8 Å². The number of hydrogen-bond donors (Lipinski definition) is 0. The molecule has 14 heavy (non-hydrogen) atoms. The molecule has 0 aliphatic carbocycles. The Labute approximate surface area is 98.0 Å². The highest BCUT2D eigenvalue weighted by molar-refractivity contribution is 9.10. The third-order valence-corrected chi connectivity index (χ3v) is 2.92. The van der Waals surface area contributed by atoms with E-state index in [4.69, 9.17) is 23.2 Å². The Balaban J connectivity index is 2.95. The Morgan fingerprint density at radius 2 is 1.93 bits per heavy atom. The fourth-order valence-corrected chi connectivity index (χ4v) is 2.03. The van der Waals surface area contributed by atoms with Crippen molar-refractivity contribution in [2.75, 3.05) is 0 Å². The van der Waals surface area contributed by atoms with Crippen LogP contribution in [0.25, 0.3) is 10.8 Å². The van der Waals surface area contributed by atoms with Crippen molar-refractivity contribution >= 4 is 49.9 Å². The van der Waals surface area contributed by atoms with Crippen LogP contribution in [-0.2, 0) is 0 Å². The molecule has 0 amide bonds. The van der Waals surface area contributed by atoms with Gasteiger partial charge in [-0.1, -0.05) is 23.2 Å². The van der Waals surface area contributed by atoms with E-state index >= 15 is 0 Å². The molecule has 2 rings (SSSR count). The molecule has 0 aliphatic heterocycles. The molecule has 1 aromatic heterocycles. The van der Waals surface area contributed by atoms with Crippen LogP contribution in [0.2, 0.25) is 10.3 Å². The van der Waals surface area contributed by atoms with E-state index in [1.807, 2.05) is 0 Å². The van der Waals surface area contributed by atoms with Gasteiger partial charge in [-0.25, -0.2) is 9.37 Å². The Bertz CT molecular complexity index is 516. The maximum Gasteiger partial charge on any atom is 0.145 e. The van der Waals surface area contributed by atoms with Gasteiger partial charge in [0.2, 0.25) is 0 Å². The Hall–Kier alpha value is -0.380. The van der Waals surface area contributed by atoms with Gasteiger partial charge in [-0.05, 0) is 34.1 Å². The maximum atomic E-state index is 13.6. The van der Waals surface area contributed by atoms with Crippen LogP contribution in [0.1, 0.15) is 0 Å². The molecule has 0 spiro atoms. The summed E-state index contributed by atoms with van der Waals surface area (Å²) < 4.78 is 13.9. The minimum Gasteiger partial charge on any atom is -0.224 e. The average molecular weight is 295 g/mol. The first-order valence-electron chi connectivity index (χ1n) is 3.69. The molecule has 0 saturated carbocycles. The van der Waals surface area contributed by atoms with Gasteiger partial charge in [0.15, 0.2) is 0 Å². The number of fused-ring (bicyclic) bond motifs is 1. The topological polar surface area (TPSA) is 12.9 Å². The van der Waals surface area contributed by atoms with E-state index in [-0.39, 0.29) is 16.1 Å². The van der Waals surface area contributed by atoms with Crippen LogP contribution < -0.4 is 0 Å². The SMILES string of the molecule is Fc1c(Br)ccc2c(Cl)nc(Cl)cc12. The summed E-state index contributed by atoms with van der Waals surface area (Å²) in [5.74, 6) is -0.381. The summed E-state index contributed by atoms with van der Waals surface area (Å²) in [6, 6.07) is 4.72. The van der Waals surface area contributed by atoms with Gasteiger partial charge in [-0.2, -0.15) is 0 Å². The van der Waals surface area contributed by atoms with Crippen molar-refractivity contribution in [2.45, 2.75) is 0 Å². The summed E-state index contributed by atoms with van der Waals surface area (Å²) in [5.41, 5.74) is 0. The third-order valence-electron chi connectivity index (χ3n) is 1.82. The highest BCUT2D eigenvalue weighted by Crippen LogP contribution is 2.30. The van der Waals surface area contributed by atoms with Crippen molar-refractivity contribution in [3.05, 3.63) is 38.8 Å². The van der Waals surface area contributed by atoms with Crippen molar-refractivity contribution in [2.24, 2.45) is 0 Å². The van der Waals surface area contributed by atoms with Crippen molar-refractivity contribution < 1.29 is 4.39 Å². The largest absolute Gasteiger partial charge is 0.224 e. The molecule has 0 bridgehead atoms. The molecule has 0 radical (unpaired) electrons. The number of hydrogen-bond acceptors (Lipinski definition) is 1. The third kappa shape index (κ3) is 1.60. The highest BCUT2D eigenvalue weighted by Gasteiger charge is 2.09. The van der Waals surface area contributed by atoms with Crippen LogP contribution in [0.4, 0.5) is 4.39 Å². The van der Waals surface area contributed by atoms with E-state index < -0.39 is 0 Å². The van der Waals surface area contributed by atoms with E-state index in [0.29, 0.717) is 15.2 Å². The molecule has 0 fully saturated rings. The summed E-state index contributed by atoms with van der Waals surface area (Å²) in [7, 11) is 0. The minimum atomic E-state index is -0.381. The lowest BCUT2D eigenvalue weighted by Crippen LogP contribution is -1.86. The number of benzene rings is 1. The number of pyridine rings is 1. The summed E-state index contributed by atoms with van der Waals surface area (Å²) in [5, 5.41) is 1.31. The minimum absolute atomic E-state index is 0.180. The lowest BCUT2D eigenvalue weighted by atomic mass is 10.2. The lowest BCUT2D eigenvalue weighted by Gasteiger charge is -2.03. The van der Waals surface area contributed by atoms with Crippen molar-refractivity contribution in [3.8, 4) is 0 Å². The first-order valence-corrected chi connectivity index (χ1v) is 5.24. The standard InChI is InChI=1S/C9H3BrCl2FN/c10-6-2-1-4-5(8(6)13)3-7(11)14-9(4)12/h1-3H. The molecule has 2 aromatic rings. The monoisotopic (exact) mass is 293 g/mol. The Morgan fingerprint density at radius 3 is 2.64 bits per heavy atom. The molecule has 1 nitrogen and oxygen atoms in total. The second kappa shape index (κ2) is 3.65. The van der Waals surface area contributed by atoms with Crippen LogP contribution in [0.15, 0.2) is 22.7 Å².